The Morgan fingerprint density at radius 1 is 0.895 bits per heavy atom. The molecule has 1 heterocycles. The van der Waals surface area contributed by atoms with Crippen molar-refractivity contribution in [2.24, 2.45) is 0 Å². The molecule has 4 rings (SSSR count). The Morgan fingerprint density at radius 3 is 2.05 bits per heavy atom. The number of nitrogens with zero attached hydrogens (tertiary/aromatic N) is 4. The molecule has 0 N–H and O–H groups in total. The summed E-state index contributed by atoms with van der Waals surface area (Å²) in [6.45, 7) is -0.367. The maximum absolute atomic E-state index is 13.4. The Balaban J connectivity index is 1.76. The van der Waals surface area contributed by atoms with Gasteiger partial charge in [0.25, 0.3) is 5.91 Å². The van der Waals surface area contributed by atoms with Crippen molar-refractivity contribution in [3.8, 4) is 11.3 Å². The van der Waals surface area contributed by atoms with Crippen molar-refractivity contribution in [1.82, 2.24) is 19.9 Å². The van der Waals surface area contributed by atoms with Crippen LogP contribution < -0.4 is 0 Å². The Kier molecular flexibility index (Phi) is 7.50. The summed E-state index contributed by atoms with van der Waals surface area (Å²) >= 11 is 6.20. The van der Waals surface area contributed by atoms with Crippen LogP contribution in [0.4, 0.5) is 26.3 Å². The quantitative estimate of drug-likeness (QED) is 0.243. The Hall–Kier alpha value is -3.86. The zero-order chi connectivity index (χ0) is 27.7. The van der Waals surface area contributed by atoms with Gasteiger partial charge in [-0.2, -0.15) is 26.3 Å². The molecule has 0 radical (unpaired) electrons. The number of hydrogen-bond donors (Lipinski definition) is 0. The van der Waals surface area contributed by atoms with Gasteiger partial charge >= 0.3 is 12.4 Å². The molecule has 12 heteroatoms. The minimum Gasteiger partial charge on any atom is -0.336 e. The lowest BCUT2D eigenvalue weighted by Gasteiger charge is -2.18. The molecule has 4 aromatic rings. The monoisotopic (exact) mass is 552 g/mol. The van der Waals surface area contributed by atoms with Crippen molar-refractivity contribution >= 4 is 17.5 Å². The number of carbonyl (C=O) groups excluding carboxylic acids is 1. The van der Waals surface area contributed by atoms with E-state index < -0.39 is 35.9 Å². The van der Waals surface area contributed by atoms with Crippen LogP contribution in [0.2, 0.25) is 5.02 Å². The number of amides is 1. The van der Waals surface area contributed by atoms with E-state index in [0.717, 1.165) is 4.68 Å². The molecule has 0 fully saturated rings. The zero-order valence-electron chi connectivity index (χ0n) is 19.7. The Bertz CT molecular complexity index is 1420. The maximum Gasteiger partial charge on any atom is 0.416 e. The van der Waals surface area contributed by atoms with Crippen LogP contribution in [-0.4, -0.2) is 32.8 Å². The van der Waals surface area contributed by atoms with Gasteiger partial charge in [-0.3, -0.25) is 4.79 Å². The molecular weight excluding hydrogens is 534 g/mol. The number of hydrogen-bond acceptors (Lipinski definition) is 3. The third-order valence-corrected chi connectivity index (χ3v) is 6.05. The number of halogens is 7. The van der Waals surface area contributed by atoms with Crippen molar-refractivity contribution in [2.75, 3.05) is 7.05 Å². The minimum atomic E-state index is -5.00. The second kappa shape index (κ2) is 10.5. The van der Waals surface area contributed by atoms with Crippen molar-refractivity contribution in [1.29, 1.82) is 0 Å². The fourth-order valence-corrected chi connectivity index (χ4v) is 4.06. The van der Waals surface area contributed by atoms with Crippen LogP contribution in [0.3, 0.4) is 0 Å². The molecule has 0 aliphatic rings. The molecule has 0 spiro atoms. The van der Waals surface area contributed by atoms with Gasteiger partial charge in [0.15, 0.2) is 5.69 Å². The van der Waals surface area contributed by atoms with Gasteiger partial charge < -0.3 is 4.90 Å². The van der Waals surface area contributed by atoms with Crippen LogP contribution in [-0.2, 0) is 25.4 Å². The molecule has 198 valence electrons. The molecule has 5 nitrogen and oxygen atoms in total. The molecule has 1 amide bonds. The van der Waals surface area contributed by atoms with Crippen molar-refractivity contribution in [3.05, 3.63) is 106 Å². The average molecular weight is 553 g/mol. The van der Waals surface area contributed by atoms with Gasteiger partial charge in [-0.15, -0.1) is 5.10 Å². The molecule has 0 aliphatic heterocycles. The van der Waals surface area contributed by atoms with Gasteiger partial charge in [-0.25, -0.2) is 4.68 Å². The van der Waals surface area contributed by atoms with Crippen molar-refractivity contribution in [2.45, 2.75) is 25.4 Å². The first-order valence-corrected chi connectivity index (χ1v) is 11.5. The van der Waals surface area contributed by atoms with Crippen LogP contribution in [0.1, 0.15) is 32.7 Å². The molecule has 0 atom stereocenters. The summed E-state index contributed by atoms with van der Waals surface area (Å²) in [5.74, 6) is -0.560. The van der Waals surface area contributed by atoms with Gasteiger partial charge in [0.2, 0.25) is 0 Å². The van der Waals surface area contributed by atoms with E-state index >= 15 is 0 Å². The lowest BCUT2D eigenvalue weighted by atomic mass is 10.0. The van der Waals surface area contributed by atoms with E-state index in [9.17, 15) is 31.1 Å². The predicted octanol–water partition coefficient (Wildman–Crippen LogP) is 6.96. The summed E-state index contributed by atoms with van der Waals surface area (Å²) in [6, 6.07) is 16.5. The third-order valence-electron chi connectivity index (χ3n) is 5.68. The molecule has 0 bridgehead atoms. The van der Waals surface area contributed by atoms with Crippen LogP contribution >= 0.6 is 11.6 Å². The van der Waals surface area contributed by atoms with Crippen LogP contribution in [0, 0.1) is 0 Å². The number of aromatic nitrogens is 3. The summed E-state index contributed by atoms with van der Waals surface area (Å²) in [5.41, 5.74) is -2.05. The summed E-state index contributed by atoms with van der Waals surface area (Å²) in [7, 11) is 1.52. The van der Waals surface area contributed by atoms with E-state index in [1.807, 2.05) is 0 Å². The van der Waals surface area contributed by atoms with Gasteiger partial charge in [0, 0.05) is 24.2 Å². The fourth-order valence-electron chi connectivity index (χ4n) is 3.87. The van der Waals surface area contributed by atoms with Crippen molar-refractivity contribution < 1.29 is 31.1 Å². The highest BCUT2D eigenvalue weighted by molar-refractivity contribution is 6.31. The van der Waals surface area contributed by atoms with Crippen LogP contribution in [0.25, 0.3) is 11.3 Å². The highest BCUT2D eigenvalue weighted by Gasteiger charge is 2.37. The Labute approximate surface area is 218 Å². The summed E-state index contributed by atoms with van der Waals surface area (Å²) in [6.07, 6.45) is -9.99. The molecule has 0 unspecified atom stereocenters. The first kappa shape index (κ1) is 27.2. The molecule has 3 aromatic carbocycles. The largest absolute Gasteiger partial charge is 0.416 e. The van der Waals surface area contributed by atoms with Gasteiger partial charge in [0.1, 0.15) is 5.69 Å². The lowest BCUT2D eigenvalue weighted by molar-refractivity contribution is -0.143. The van der Waals surface area contributed by atoms with Gasteiger partial charge in [-0.1, -0.05) is 65.3 Å². The third kappa shape index (κ3) is 5.99. The highest BCUT2D eigenvalue weighted by atomic mass is 35.5. The van der Waals surface area contributed by atoms with Crippen LogP contribution in [0.15, 0.2) is 72.8 Å². The van der Waals surface area contributed by atoms with Crippen molar-refractivity contribution in [3.63, 3.8) is 0 Å². The molecule has 0 aliphatic carbocycles. The summed E-state index contributed by atoms with van der Waals surface area (Å²) in [5, 5.41) is 8.34. The molecular formula is C26H19ClF6N4O. The number of rotatable bonds is 6. The van der Waals surface area contributed by atoms with E-state index in [-0.39, 0.29) is 29.6 Å². The summed E-state index contributed by atoms with van der Waals surface area (Å²) in [4.78, 5) is 14.7. The number of alkyl halides is 6. The second-order valence-electron chi connectivity index (χ2n) is 8.48. The van der Waals surface area contributed by atoms with Crippen LogP contribution in [0.5, 0.6) is 0 Å². The van der Waals surface area contributed by atoms with Gasteiger partial charge in [0.05, 0.1) is 17.7 Å². The molecule has 1 aromatic heterocycles. The first-order chi connectivity index (χ1) is 17.8. The number of benzene rings is 3. The first-order valence-electron chi connectivity index (χ1n) is 11.1. The minimum absolute atomic E-state index is 0.0571. The van der Waals surface area contributed by atoms with E-state index in [4.69, 9.17) is 11.6 Å². The topological polar surface area (TPSA) is 51.0 Å². The lowest BCUT2D eigenvalue weighted by Crippen LogP contribution is -2.27. The zero-order valence-corrected chi connectivity index (χ0v) is 20.4. The van der Waals surface area contributed by atoms with E-state index in [0.29, 0.717) is 28.3 Å². The molecule has 38 heavy (non-hydrogen) atoms. The average Bonchev–Trinajstić information content (AvgIpc) is 3.27. The fraction of sp³-hybridized carbons (Fsp3) is 0.192. The highest BCUT2D eigenvalue weighted by Crippen LogP contribution is 2.37. The normalized spacial score (nSPS) is 12.0. The SMILES string of the molecule is CN(Cc1ccccc1Cl)C(=O)c1nnn(Cc2cc(C(F)(F)F)cc(C(F)(F)F)c2)c1-c1ccccc1. The molecule has 0 saturated heterocycles. The van der Waals surface area contributed by atoms with Gasteiger partial charge in [-0.05, 0) is 35.4 Å². The standard InChI is InChI=1S/C26H19ClF6N4O/c1-36(15-18-9-5-6-10-21(18)27)24(38)22-23(17-7-3-2-4-8-17)37(35-34-22)14-16-11-19(25(28,29)30)13-20(12-16)26(31,32)33/h2-13H,14-15H2,1H3. The van der Waals surface area contributed by atoms with E-state index in [2.05, 4.69) is 10.3 Å². The smallest absolute Gasteiger partial charge is 0.336 e. The van der Waals surface area contributed by atoms with E-state index in [1.54, 1.807) is 54.6 Å². The predicted molar refractivity (Wildman–Crippen MR) is 128 cm³/mol. The second-order valence-corrected chi connectivity index (χ2v) is 8.88. The summed E-state index contributed by atoms with van der Waals surface area (Å²) < 4.78 is 81.3. The van der Waals surface area contributed by atoms with E-state index in [1.165, 1.54) is 11.9 Å². The number of carbonyl (C=O) groups is 1. The Morgan fingerprint density at radius 2 is 1.47 bits per heavy atom. The molecule has 0 saturated carbocycles. The maximum atomic E-state index is 13.4.